The van der Waals surface area contributed by atoms with Crippen LogP contribution in [0.4, 0.5) is 0 Å². The number of amides is 1. The number of methoxy groups -OCH3 is 2. The lowest BCUT2D eigenvalue weighted by atomic mass is 10.1. The molecule has 0 bridgehead atoms. The molecule has 0 heterocycles. The molecular formula is C21H28N2O3. The third kappa shape index (κ3) is 6.08. The van der Waals surface area contributed by atoms with Crippen LogP contribution in [-0.4, -0.2) is 33.2 Å². The lowest BCUT2D eigenvalue weighted by molar-refractivity contribution is -0.121. The molecule has 5 heteroatoms. The lowest BCUT2D eigenvalue weighted by Crippen LogP contribution is -2.30. The molecule has 0 aromatic heterocycles. The molecule has 0 saturated carbocycles. The summed E-state index contributed by atoms with van der Waals surface area (Å²) in [6.07, 6.45) is 1.32. The summed E-state index contributed by atoms with van der Waals surface area (Å²) in [4.78, 5) is 12.0. The third-order valence-electron chi connectivity index (χ3n) is 4.24. The second-order valence-corrected chi connectivity index (χ2v) is 6.14. The Kier molecular flexibility index (Phi) is 7.96. The van der Waals surface area contributed by atoms with Gasteiger partial charge in [0.25, 0.3) is 0 Å². The first-order chi connectivity index (χ1) is 12.6. The molecule has 0 saturated heterocycles. The van der Waals surface area contributed by atoms with Crippen molar-refractivity contribution in [3.63, 3.8) is 0 Å². The van der Waals surface area contributed by atoms with Crippen molar-refractivity contribution in [3.8, 4) is 11.5 Å². The van der Waals surface area contributed by atoms with Crippen molar-refractivity contribution in [3.05, 3.63) is 59.7 Å². The van der Waals surface area contributed by atoms with Crippen molar-refractivity contribution in [1.29, 1.82) is 0 Å². The van der Waals surface area contributed by atoms with Gasteiger partial charge in [-0.3, -0.25) is 4.79 Å². The number of rotatable bonds is 10. The molecule has 2 aromatic carbocycles. The van der Waals surface area contributed by atoms with E-state index in [-0.39, 0.29) is 11.9 Å². The molecule has 2 aromatic rings. The number of hydrogen-bond donors (Lipinski definition) is 2. The highest BCUT2D eigenvalue weighted by Gasteiger charge is 2.09. The van der Waals surface area contributed by atoms with Gasteiger partial charge in [0.2, 0.25) is 5.91 Å². The van der Waals surface area contributed by atoms with Gasteiger partial charge in [-0.25, -0.2) is 0 Å². The largest absolute Gasteiger partial charge is 0.493 e. The fourth-order valence-corrected chi connectivity index (χ4v) is 2.73. The molecule has 1 amide bonds. The van der Waals surface area contributed by atoms with E-state index >= 15 is 0 Å². The van der Waals surface area contributed by atoms with E-state index in [4.69, 9.17) is 9.47 Å². The molecule has 0 spiro atoms. The highest BCUT2D eigenvalue weighted by atomic mass is 16.5. The van der Waals surface area contributed by atoms with Gasteiger partial charge in [0.15, 0.2) is 11.5 Å². The minimum absolute atomic E-state index is 0.0236. The average molecular weight is 356 g/mol. The van der Waals surface area contributed by atoms with Crippen LogP contribution in [0.3, 0.4) is 0 Å². The topological polar surface area (TPSA) is 59.6 Å². The SMILES string of the molecule is COc1ccc(CCNCCC(=O)NC(C)c2ccccc2)cc1OC. The first-order valence-corrected chi connectivity index (χ1v) is 8.90. The molecule has 26 heavy (non-hydrogen) atoms. The Labute approximate surface area is 155 Å². The van der Waals surface area contributed by atoms with E-state index in [1.807, 2.05) is 55.5 Å². The first kappa shape index (κ1) is 19.8. The summed E-state index contributed by atoms with van der Waals surface area (Å²) in [5.41, 5.74) is 2.28. The van der Waals surface area contributed by atoms with Crippen molar-refractivity contribution in [2.75, 3.05) is 27.3 Å². The maximum atomic E-state index is 12.0. The van der Waals surface area contributed by atoms with Crippen LogP contribution in [0.25, 0.3) is 0 Å². The smallest absolute Gasteiger partial charge is 0.221 e. The van der Waals surface area contributed by atoms with Gasteiger partial charge in [-0.2, -0.15) is 0 Å². The van der Waals surface area contributed by atoms with Crippen LogP contribution < -0.4 is 20.1 Å². The summed E-state index contributed by atoms with van der Waals surface area (Å²) >= 11 is 0. The van der Waals surface area contributed by atoms with Crippen LogP contribution in [0.5, 0.6) is 11.5 Å². The highest BCUT2D eigenvalue weighted by molar-refractivity contribution is 5.76. The quantitative estimate of drug-likeness (QED) is 0.642. The monoisotopic (exact) mass is 356 g/mol. The predicted octanol–water partition coefficient (Wildman–Crippen LogP) is 3.10. The Balaban J connectivity index is 1.66. The van der Waals surface area contributed by atoms with Gasteiger partial charge >= 0.3 is 0 Å². The van der Waals surface area contributed by atoms with Gasteiger partial charge in [-0.15, -0.1) is 0 Å². The summed E-state index contributed by atoms with van der Waals surface area (Å²) < 4.78 is 10.5. The van der Waals surface area contributed by atoms with Gasteiger partial charge in [0, 0.05) is 13.0 Å². The molecule has 140 valence electrons. The lowest BCUT2D eigenvalue weighted by Gasteiger charge is -2.14. The average Bonchev–Trinajstić information content (AvgIpc) is 2.68. The molecule has 0 aliphatic carbocycles. The molecule has 0 aliphatic heterocycles. The van der Waals surface area contributed by atoms with Crippen molar-refractivity contribution in [1.82, 2.24) is 10.6 Å². The van der Waals surface area contributed by atoms with Crippen molar-refractivity contribution >= 4 is 5.91 Å². The van der Waals surface area contributed by atoms with Crippen molar-refractivity contribution in [2.45, 2.75) is 25.8 Å². The summed E-state index contributed by atoms with van der Waals surface area (Å²) in [5, 5.41) is 6.33. The zero-order chi connectivity index (χ0) is 18.8. The number of hydrogen-bond acceptors (Lipinski definition) is 4. The molecule has 1 atom stereocenters. The Morgan fingerprint density at radius 3 is 2.42 bits per heavy atom. The maximum absolute atomic E-state index is 12.0. The van der Waals surface area contributed by atoms with E-state index in [0.717, 1.165) is 35.6 Å². The van der Waals surface area contributed by atoms with Crippen LogP contribution in [-0.2, 0) is 11.2 Å². The van der Waals surface area contributed by atoms with E-state index in [0.29, 0.717) is 13.0 Å². The van der Waals surface area contributed by atoms with Gasteiger partial charge in [-0.1, -0.05) is 36.4 Å². The number of nitrogens with one attached hydrogen (secondary N) is 2. The first-order valence-electron chi connectivity index (χ1n) is 8.90. The van der Waals surface area contributed by atoms with Crippen LogP contribution in [0.15, 0.2) is 48.5 Å². The van der Waals surface area contributed by atoms with Crippen LogP contribution in [0, 0.1) is 0 Å². The number of carbonyl (C=O) groups excluding carboxylic acids is 1. The van der Waals surface area contributed by atoms with Crippen LogP contribution in [0.2, 0.25) is 0 Å². The van der Waals surface area contributed by atoms with Gasteiger partial charge in [0.05, 0.1) is 20.3 Å². The second kappa shape index (κ2) is 10.5. The van der Waals surface area contributed by atoms with E-state index < -0.39 is 0 Å². The number of carbonyl (C=O) groups is 1. The fraction of sp³-hybridized carbons (Fsp3) is 0.381. The number of benzene rings is 2. The van der Waals surface area contributed by atoms with E-state index in [9.17, 15) is 4.79 Å². The summed E-state index contributed by atoms with van der Waals surface area (Å²) in [6, 6.07) is 15.9. The minimum atomic E-state index is 0.0236. The normalized spacial score (nSPS) is 11.7. The molecule has 2 N–H and O–H groups in total. The maximum Gasteiger partial charge on any atom is 0.221 e. The molecule has 1 unspecified atom stereocenters. The minimum Gasteiger partial charge on any atom is -0.493 e. The van der Waals surface area contributed by atoms with Crippen LogP contribution >= 0.6 is 0 Å². The molecule has 0 radical (unpaired) electrons. The van der Waals surface area contributed by atoms with Gasteiger partial charge in [0.1, 0.15) is 0 Å². The summed E-state index contributed by atoms with van der Waals surface area (Å²) in [5.74, 6) is 1.52. The van der Waals surface area contributed by atoms with E-state index in [1.54, 1.807) is 14.2 Å². The Hall–Kier alpha value is -2.53. The van der Waals surface area contributed by atoms with Gasteiger partial charge < -0.3 is 20.1 Å². The fourth-order valence-electron chi connectivity index (χ4n) is 2.73. The predicted molar refractivity (Wildman–Crippen MR) is 104 cm³/mol. The molecule has 2 rings (SSSR count). The molecular weight excluding hydrogens is 328 g/mol. The Morgan fingerprint density at radius 1 is 1.00 bits per heavy atom. The third-order valence-corrected chi connectivity index (χ3v) is 4.24. The van der Waals surface area contributed by atoms with Gasteiger partial charge in [-0.05, 0) is 43.1 Å². The second-order valence-electron chi connectivity index (χ2n) is 6.14. The van der Waals surface area contributed by atoms with Crippen LogP contribution in [0.1, 0.15) is 30.5 Å². The van der Waals surface area contributed by atoms with E-state index in [2.05, 4.69) is 10.6 Å². The molecule has 0 fully saturated rings. The number of ether oxygens (including phenoxy) is 2. The highest BCUT2D eigenvalue weighted by Crippen LogP contribution is 2.27. The zero-order valence-electron chi connectivity index (χ0n) is 15.7. The van der Waals surface area contributed by atoms with Crippen molar-refractivity contribution in [2.24, 2.45) is 0 Å². The standard InChI is InChI=1S/C21H28N2O3/c1-16(18-7-5-4-6-8-18)23-21(24)12-14-22-13-11-17-9-10-19(25-2)20(15-17)26-3/h4-10,15-16,22H,11-14H2,1-3H3,(H,23,24). The molecule has 5 nitrogen and oxygen atoms in total. The zero-order valence-corrected chi connectivity index (χ0v) is 15.7. The Bertz CT molecular complexity index is 689. The van der Waals surface area contributed by atoms with Crippen molar-refractivity contribution < 1.29 is 14.3 Å². The summed E-state index contributed by atoms with van der Waals surface area (Å²) in [7, 11) is 3.26. The summed E-state index contributed by atoms with van der Waals surface area (Å²) in [6.45, 7) is 3.45. The Morgan fingerprint density at radius 2 is 1.73 bits per heavy atom. The molecule has 0 aliphatic rings. The van der Waals surface area contributed by atoms with E-state index in [1.165, 1.54) is 0 Å².